The van der Waals surface area contributed by atoms with Gasteiger partial charge in [-0.05, 0) is 42.6 Å². The van der Waals surface area contributed by atoms with Crippen LogP contribution < -0.4 is 5.43 Å². The largest absolute Gasteiger partial charge is 0.273 e. The molecule has 1 aromatic carbocycles. The van der Waals surface area contributed by atoms with Crippen LogP contribution in [0.15, 0.2) is 46.9 Å². The topological polar surface area (TPSA) is 59.3 Å². The minimum absolute atomic E-state index is 0.210. The second-order valence-electron chi connectivity index (χ2n) is 5.23. The van der Waals surface area contributed by atoms with Crippen molar-refractivity contribution >= 4 is 35.1 Å². The van der Waals surface area contributed by atoms with Crippen LogP contribution in [0, 0.1) is 12.7 Å². The minimum atomic E-state index is -0.334. The average Bonchev–Trinajstić information content (AvgIpc) is 3.18. The van der Waals surface area contributed by atoms with Crippen molar-refractivity contribution in [2.45, 2.75) is 13.3 Å². The molecule has 0 aliphatic rings. The number of nitrogens with zero attached hydrogens (tertiary/aromatic N) is 3. The standard InChI is InChI=1S/C17H14ClFN4OS/c1-11-15(10-20-21-16(24)9-14-3-2-8-25-14)17(18)23(22-11)13-6-4-12(19)5-7-13/h2-8,10H,9H2,1H3,(H,21,24)/b20-10+. The number of carbonyl (C=O) groups is 1. The zero-order chi connectivity index (χ0) is 17.8. The summed E-state index contributed by atoms with van der Waals surface area (Å²) >= 11 is 7.85. The maximum Gasteiger partial charge on any atom is 0.245 e. The highest BCUT2D eigenvalue weighted by molar-refractivity contribution is 7.10. The third-order valence-electron chi connectivity index (χ3n) is 3.42. The number of hydrazone groups is 1. The number of benzene rings is 1. The van der Waals surface area contributed by atoms with Gasteiger partial charge in [0.05, 0.1) is 29.6 Å². The zero-order valence-corrected chi connectivity index (χ0v) is 14.8. The summed E-state index contributed by atoms with van der Waals surface area (Å²) in [6, 6.07) is 9.61. The maximum absolute atomic E-state index is 13.0. The summed E-state index contributed by atoms with van der Waals surface area (Å²) < 4.78 is 14.5. The Morgan fingerprint density at radius 2 is 2.16 bits per heavy atom. The zero-order valence-electron chi connectivity index (χ0n) is 13.2. The molecule has 0 bridgehead atoms. The van der Waals surface area contributed by atoms with Crippen molar-refractivity contribution in [2.24, 2.45) is 5.10 Å². The first-order valence-electron chi connectivity index (χ1n) is 7.40. The molecule has 0 fully saturated rings. The third-order valence-corrected chi connectivity index (χ3v) is 4.66. The summed E-state index contributed by atoms with van der Waals surface area (Å²) in [5.41, 5.74) is 4.34. The molecular formula is C17H14ClFN4OS. The lowest BCUT2D eigenvalue weighted by molar-refractivity contribution is -0.120. The maximum atomic E-state index is 13.0. The first-order valence-corrected chi connectivity index (χ1v) is 8.65. The molecule has 8 heteroatoms. The van der Waals surface area contributed by atoms with Crippen molar-refractivity contribution < 1.29 is 9.18 Å². The van der Waals surface area contributed by atoms with Crippen LogP contribution in [0.5, 0.6) is 0 Å². The molecule has 2 aromatic heterocycles. The monoisotopic (exact) mass is 376 g/mol. The highest BCUT2D eigenvalue weighted by Gasteiger charge is 2.13. The molecule has 1 N–H and O–H groups in total. The molecule has 0 spiro atoms. The summed E-state index contributed by atoms with van der Waals surface area (Å²) in [6.45, 7) is 1.78. The Bertz CT molecular complexity index is 904. The lowest BCUT2D eigenvalue weighted by atomic mass is 10.3. The van der Waals surface area contributed by atoms with Crippen molar-refractivity contribution in [3.05, 3.63) is 68.9 Å². The predicted octanol–water partition coefficient (Wildman–Crippen LogP) is 3.73. The van der Waals surface area contributed by atoms with Crippen LogP contribution in [-0.4, -0.2) is 21.9 Å². The number of hydrogen-bond acceptors (Lipinski definition) is 4. The second-order valence-corrected chi connectivity index (χ2v) is 6.62. The van der Waals surface area contributed by atoms with Crippen LogP contribution in [0.4, 0.5) is 4.39 Å². The SMILES string of the molecule is Cc1nn(-c2ccc(F)cc2)c(Cl)c1/C=N/NC(=O)Cc1cccs1. The van der Waals surface area contributed by atoms with Crippen LogP contribution >= 0.6 is 22.9 Å². The Hall–Kier alpha value is -2.51. The third kappa shape index (κ3) is 4.12. The summed E-state index contributed by atoms with van der Waals surface area (Å²) in [4.78, 5) is 12.8. The molecule has 2 heterocycles. The Kier molecular flexibility index (Phi) is 5.25. The molecule has 5 nitrogen and oxygen atoms in total. The number of hydrogen-bond donors (Lipinski definition) is 1. The molecule has 0 saturated heterocycles. The molecule has 3 rings (SSSR count). The normalized spacial score (nSPS) is 11.2. The molecule has 128 valence electrons. The van der Waals surface area contributed by atoms with Gasteiger partial charge in [-0.2, -0.15) is 10.2 Å². The van der Waals surface area contributed by atoms with Crippen molar-refractivity contribution in [1.29, 1.82) is 0 Å². The number of halogens is 2. The molecule has 0 aliphatic heterocycles. The number of rotatable bonds is 5. The van der Waals surface area contributed by atoms with Gasteiger partial charge in [-0.1, -0.05) is 17.7 Å². The Balaban J connectivity index is 1.72. The molecular weight excluding hydrogens is 363 g/mol. The highest BCUT2D eigenvalue weighted by Crippen LogP contribution is 2.22. The Morgan fingerprint density at radius 1 is 1.40 bits per heavy atom. The molecule has 3 aromatic rings. The first kappa shape index (κ1) is 17.3. The van der Waals surface area contributed by atoms with Gasteiger partial charge < -0.3 is 0 Å². The van der Waals surface area contributed by atoms with Crippen LogP contribution in [0.25, 0.3) is 5.69 Å². The van der Waals surface area contributed by atoms with E-state index in [4.69, 9.17) is 11.6 Å². The number of nitrogens with one attached hydrogen (secondary N) is 1. The lowest BCUT2D eigenvalue weighted by Gasteiger charge is -2.02. The number of aromatic nitrogens is 2. The molecule has 25 heavy (non-hydrogen) atoms. The van der Waals surface area contributed by atoms with E-state index in [2.05, 4.69) is 15.6 Å². The van der Waals surface area contributed by atoms with Gasteiger partial charge >= 0.3 is 0 Å². The van der Waals surface area contributed by atoms with E-state index in [0.717, 1.165) is 4.88 Å². The average molecular weight is 377 g/mol. The van der Waals surface area contributed by atoms with E-state index in [1.165, 1.54) is 34.4 Å². The summed E-state index contributed by atoms with van der Waals surface area (Å²) in [6.07, 6.45) is 1.73. The fourth-order valence-corrected chi connectivity index (χ4v) is 3.22. The van der Waals surface area contributed by atoms with E-state index in [9.17, 15) is 9.18 Å². The van der Waals surface area contributed by atoms with Gasteiger partial charge in [-0.25, -0.2) is 14.5 Å². The predicted molar refractivity (Wildman–Crippen MR) is 97.0 cm³/mol. The molecule has 0 aliphatic carbocycles. The van der Waals surface area contributed by atoms with E-state index in [1.54, 1.807) is 19.1 Å². The molecule has 0 unspecified atom stereocenters. The van der Waals surface area contributed by atoms with Gasteiger partial charge in [0.2, 0.25) is 5.91 Å². The molecule has 0 radical (unpaired) electrons. The molecule has 1 amide bonds. The van der Waals surface area contributed by atoms with Gasteiger partial charge in [-0.15, -0.1) is 11.3 Å². The van der Waals surface area contributed by atoms with E-state index in [0.29, 0.717) is 22.1 Å². The van der Waals surface area contributed by atoms with Gasteiger partial charge in [-0.3, -0.25) is 4.79 Å². The van der Waals surface area contributed by atoms with Crippen LogP contribution in [-0.2, 0) is 11.2 Å². The van der Waals surface area contributed by atoms with E-state index in [1.807, 2.05) is 17.5 Å². The molecule has 0 saturated carbocycles. The van der Waals surface area contributed by atoms with E-state index >= 15 is 0 Å². The summed E-state index contributed by atoms with van der Waals surface area (Å²) in [5.74, 6) is -0.544. The second kappa shape index (κ2) is 7.58. The first-order chi connectivity index (χ1) is 12.0. The van der Waals surface area contributed by atoms with E-state index in [-0.39, 0.29) is 18.1 Å². The Labute approximate surface area is 152 Å². The number of aryl methyl sites for hydroxylation is 1. The molecule has 0 atom stereocenters. The van der Waals surface area contributed by atoms with Gasteiger partial charge in [0, 0.05) is 4.88 Å². The van der Waals surface area contributed by atoms with Gasteiger partial charge in [0.1, 0.15) is 11.0 Å². The van der Waals surface area contributed by atoms with Crippen LogP contribution in [0.1, 0.15) is 16.1 Å². The lowest BCUT2D eigenvalue weighted by Crippen LogP contribution is -2.19. The number of carbonyl (C=O) groups excluding carboxylic acids is 1. The van der Waals surface area contributed by atoms with Crippen molar-refractivity contribution in [2.75, 3.05) is 0 Å². The van der Waals surface area contributed by atoms with Gasteiger partial charge in [0.15, 0.2) is 0 Å². The Morgan fingerprint density at radius 3 is 2.84 bits per heavy atom. The smallest absolute Gasteiger partial charge is 0.245 e. The van der Waals surface area contributed by atoms with Crippen molar-refractivity contribution in [1.82, 2.24) is 15.2 Å². The van der Waals surface area contributed by atoms with E-state index < -0.39 is 0 Å². The van der Waals surface area contributed by atoms with Gasteiger partial charge in [0.25, 0.3) is 0 Å². The van der Waals surface area contributed by atoms with Crippen LogP contribution in [0.2, 0.25) is 5.15 Å². The van der Waals surface area contributed by atoms with Crippen molar-refractivity contribution in [3.63, 3.8) is 0 Å². The van der Waals surface area contributed by atoms with Crippen molar-refractivity contribution in [3.8, 4) is 5.69 Å². The highest BCUT2D eigenvalue weighted by atomic mass is 35.5. The number of amides is 1. The fraction of sp³-hybridized carbons (Fsp3) is 0.118. The minimum Gasteiger partial charge on any atom is -0.273 e. The fourth-order valence-electron chi connectivity index (χ4n) is 2.19. The quantitative estimate of drug-likeness (QED) is 0.545. The summed E-state index contributed by atoms with van der Waals surface area (Å²) in [7, 11) is 0. The summed E-state index contributed by atoms with van der Waals surface area (Å²) in [5, 5.41) is 10.5. The number of thiophene rings is 1. The van der Waals surface area contributed by atoms with Crippen LogP contribution in [0.3, 0.4) is 0 Å².